The fourth-order valence-electron chi connectivity index (χ4n) is 6.80. The van der Waals surface area contributed by atoms with Crippen molar-refractivity contribution in [3.8, 4) is 0 Å². The number of esters is 2. The van der Waals surface area contributed by atoms with Crippen molar-refractivity contribution in [3.05, 3.63) is 0 Å². The van der Waals surface area contributed by atoms with E-state index in [-0.39, 0.29) is 42.9 Å². The van der Waals surface area contributed by atoms with E-state index in [4.69, 9.17) is 9.47 Å². The van der Waals surface area contributed by atoms with E-state index >= 15 is 0 Å². The monoisotopic (exact) mass is 709 g/mol. The summed E-state index contributed by atoms with van der Waals surface area (Å²) >= 11 is 0. The van der Waals surface area contributed by atoms with Gasteiger partial charge >= 0.3 is 11.9 Å². The van der Waals surface area contributed by atoms with Crippen LogP contribution in [0.2, 0.25) is 0 Å². The summed E-state index contributed by atoms with van der Waals surface area (Å²) in [6.07, 6.45) is 27.7. The lowest BCUT2D eigenvalue weighted by molar-refractivity contribution is -0.152. The van der Waals surface area contributed by atoms with E-state index < -0.39 is 0 Å². The SMILES string of the molecule is CCCCCCCCC(CCCCCC)C(=O)OCCN(CCOC(=O)C(CCCCCC)CCCCCCCC)C(=O)CCN(CC)CC. The topological polar surface area (TPSA) is 76.1 Å². The molecule has 296 valence electrons. The first-order valence-electron chi connectivity index (χ1n) is 21.7. The molecule has 0 aromatic heterocycles. The van der Waals surface area contributed by atoms with Crippen LogP contribution in [0.15, 0.2) is 0 Å². The van der Waals surface area contributed by atoms with Crippen LogP contribution >= 0.6 is 0 Å². The van der Waals surface area contributed by atoms with Crippen LogP contribution in [-0.4, -0.2) is 73.6 Å². The maximum absolute atomic E-state index is 13.4. The van der Waals surface area contributed by atoms with E-state index in [0.717, 1.165) is 77.3 Å². The van der Waals surface area contributed by atoms with Gasteiger partial charge in [-0.2, -0.15) is 0 Å². The van der Waals surface area contributed by atoms with Gasteiger partial charge in [0.2, 0.25) is 5.91 Å². The molecule has 0 aromatic rings. The third-order valence-electron chi connectivity index (χ3n) is 10.4. The zero-order valence-corrected chi connectivity index (χ0v) is 34.2. The Kier molecular flexibility index (Phi) is 34.6. The summed E-state index contributed by atoms with van der Waals surface area (Å²) in [5.41, 5.74) is 0. The molecule has 0 saturated carbocycles. The minimum Gasteiger partial charge on any atom is -0.464 e. The largest absolute Gasteiger partial charge is 0.464 e. The Morgan fingerprint density at radius 2 is 0.760 bits per heavy atom. The van der Waals surface area contributed by atoms with Gasteiger partial charge in [-0.15, -0.1) is 0 Å². The number of ether oxygens (including phenoxy) is 2. The lowest BCUT2D eigenvalue weighted by Crippen LogP contribution is -2.39. The predicted octanol–water partition coefficient (Wildman–Crippen LogP) is 11.3. The Labute approximate surface area is 310 Å². The Hall–Kier alpha value is -1.63. The van der Waals surface area contributed by atoms with Gasteiger partial charge in [-0.1, -0.05) is 170 Å². The van der Waals surface area contributed by atoms with E-state index in [1.807, 2.05) is 0 Å². The molecule has 0 saturated heterocycles. The number of unbranched alkanes of at least 4 members (excludes halogenated alkanes) is 16. The summed E-state index contributed by atoms with van der Waals surface area (Å²) in [5.74, 6) is -0.330. The van der Waals surface area contributed by atoms with E-state index in [1.54, 1.807) is 4.90 Å². The van der Waals surface area contributed by atoms with Crippen molar-refractivity contribution in [1.82, 2.24) is 9.80 Å². The van der Waals surface area contributed by atoms with Crippen molar-refractivity contribution >= 4 is 17.8 Å². The van der Waals surface area contributed by atoms with Crippen LogP contribution in [0, 0.1) is 11.8 Å². The lowest BCUT2D eigenvalue weighted by Gasteiger charge is -2.25. The second-order valence-electron chi connectivity index (χ2n) is 14.7. The van der Waals surface area contributed by atoms with E-state index in [0.29, 0.717) is 26.1 Å². The van der Waals surface area contributed by atoms with Crippen LogP contribution in [-0.2, 0) is 23.9 Å². The molecular formula is C43H84N2O5. The molecule has 0 fully saturated rings. The second kappa shape index (κ2) is 35.8. The van der Waals surface area contributed by atoms with Crippen LogP contribution in [0.25, 0.3) is 0 Å². The van der Waals surface area contributed by atoms with Gasteiger partial charge in [0.25, 0.3) is 0 Å². The van der Waals surface area contributed by atoms with Crippen molar-refractivity contribution in [2.45, 2.75) is 202 Å². The van der Waals surface area contributed by atoms with Crippen molar-refractivity contribution < 1.29 is 23.9 Å². The summed E-state index contributed by atoms with van der Waals surface area (Å²) in [4.78, 5) is 44.0. The van der Waals surface area contributed by atoms with E-state index in [9.17, 15) is 14.4 Å². The number of rotatable bonds is 37. The summed E-state index contributed by atoms with van der Waals surface area (Å²) < 4.78 is 11.7. The van der Waals surface area contributed by atoms with Crippen molar-refractivity contribution in [2.75, 3.05) is 45.9 Å². The number of amides is 1. The minimum atomic E-state index is -0.113. The number of hydrogen-bond acceptors (Lipinski definition) is 6. The first-order valence-corrected chi connectivity index (χ1v) is 21.7. The number of hydrogen-bond donors (Lipinski definition) is 0. The highest BCUT2D eigenvalue weighted by molar-refractivity contribution is 5.77. The van der Waals surface area contributed by atoms with Gasteiger partial charge in [-0.05, 0) is 38.8 Å². The molecule has 2 unspecified atom stereocenters. The molecular weight excluding hydrogens is 624 g/mol. The predicted molar refractivity (Wildman–Crippen MR) is 211 cm³/mol. The van der Waals surface area contributed by atoms with E-state index in [1.165, 1.54) is 89.9 Å². The smallest absolute Gasteiger partial charge is 0.308 e. The van der Waals surface area contributed by atoms with Gasteiger partial charge in [-0.3, -0.25) is 14.4 Å². The standard InChI is InChI=1S/C43H84N2O5/c1-7-13-17-21-23-27-31-39(29-25-19-15-9-3)42(47)49-37-35-45(41(46)33-34-44(11-5)12-6)36-38-50-43(48)40(30-26-20-16-10-4)32-28-24-22-18-14-8-2/h39-40H,7-38H2,1-6H3. The summed E-state index contributed by atoms with van der Waals surface area (Å²) in [7, 11) is 0. The highest BCUT2D eigenvalue weighted by atomic mass is 16.5. The molecule has 7 heteroatoms. The molecule has 0 aliphatic rings. The first-order chi connectivity index (χ1) is 24.4. The molecule has 0 radical (unpaired) electrons. The summed E-state index contributed by atoms with van der Waals surface area (Å²) in [6.45, 7) is 16.6. The Morgan fingerprint density at radius 3 is 1.10 bits per heavy atom. The van der Waals surface area contributed by atoms with Crippen molar-refractivity contribution in [1.29, 1.82) is 0 Å². The first kappa shape index (κ1) is 48.4. The molecule has 0 N–H and O–H groups in total. The van der Waals surface area contributed by atoms with Gasteiger partial charge in [0.15, 0.2) is 0 Å². The minimum absolute atomic E-state index is 0.0235. The van der Waals surface area contributed by atoms with Crippen LogP contribution in [0.4, 0.5) is 0 Å². The normalized spacial score (nSPS) is 12.6. The van der Waals surface area contributed by atoms with Gasteiger partial charge < -0.3 is 19.3 Å². The fraction of sp³-hybridized carbons (Fsp3) is 0.930. The molecule has 2 atom stereocenters. The maximum atomic E-state index is 13.4. The van der Waals surface area contributed by atoms with Crippen LogP contribution in [0.5, 0.6) is 0 Å². The van der Waals surface area contributed by atoms with Gasteiger partial charge in [0, 0.05) is 13.0 Å². The zero-order valence-electron chi connectivity index (χ0n) is 34.2. The van der Waals surface area contributed by atoms with Gasteiger partial charge in [-0.25, -0.2) is 0 Å². The van der Waals surface area contributed by atoms with Crippen molar-refractivity contribution in [3.63, 3.8) is 0 Å². The molecule has 0 aliphatic heterocycles. The Morgan fingerprint density at radius 1 is 0.440 bits per heavy atom. The van der Waals surface area contributed by atoms with Crippen LogP contribution in [0.1, 0.15) is 202 Å². The highest BCUT2D eigenvalue weighted by Gasteiger charge is 2.23. The molecule has 0 heterocycles. The Bertz CT molecular complexity index is 737. The summed E-state index contributed by atoms with van der Waals surface area (Å²) in [5, 5.41) is 0. The second-order valence-corrected chi connectivity index (χ2v) is 14.7. The fourth-order valence-corrected chi connectivity index (χ4v) is 6.80. The average molecular weight is 709 g/mol. The van der Waals surface area contributed by atoms with Gasteiger partial charge in [0.05, 0.1) is 24.9 Å². The lowest BCUT2D eigenvalue weighted by atomic mass is 9.94. The highest BCUT2D eigenvalue weighted by Crippen LogP contribution is 2.22. The molecule has 1 amide bonds. The number of nitrogens with zero attached hydrogens (tertiary/aromatic N) is 2. The average Bonchev–Trinajstić information content (AvgIpc) is 3.12. The van der Waals surface area contributed by atoms with Gasteiger partial charge in [0.1, 0.15) is 13.2 Å². The van der Waals surface area contributed by atoms with Crippen LogP contribution < -0.4 is 0 Å². The third-order valence-corrected chi connectivity index (χ3v) is 10.4. The molecule has 7 nitrogen and oxygen atoms in total. The molecule has 0 aromatic carbocycles. The molecule has 0 spiro atoms. The zero-order chi connectivity index (χ0) is 37.1. The maximum Gasteiger partial charge on any atom is 0.308 e. The summed E-state index contributed by atoms with van der Waals surface area (Å²) in [6, 6.07) is 0. The molecule has 0 bridgehead atoms. The molecule has 0 aliphatic carbocycles. The molecule has 0 rings (SSSR count). The Balaban J connectivity index is 5.25. The number of carbonyl (C=O) groups is 3. The molecule has 50 heavy (non-hydrogen) atoms. The van der Waals surface area contributed by atoms with E-state index in [2.05, 4.69) is 46.4 Å². The quantitative estimate of drug-likeness (QED) is 0.0472. The van der Waals surface area contributed by atoms with Crippen LogP contribution in [0.3, 0.4) is 0 Å². The van der Waals surface area contributed by atoms with Crippen molar-refractivity contribution in [2.24, 2.45) is 11.8 Å². The number of carbonyl (C=O) groups excluding carboxylic acids is 3. The third kappa shape index (κ3) is 27.1.